The molecule has 2 heterocycles. The lowest BCUT2D eigenvalue weighted by molar-refractivity contribution is 0.0946. The van der Waals surface area contributed by atoms with Crippen molar-refractivity contribution in [3.63, 3.8) is 0 Å². The van der Waals surface area contributed by atoms with Crippen molar-refractivity contribution in [2.45, 2.75) is 6.54 Å². The molecule has 0 saturated heterocycles. The molecule has 3 rings (SSSR count). The van der Waals surface area contributed by atoms with Crippen molar-refractivity contribution < 1.29 is 14.3 Å². The van der Waals surface area contributed by atoms with Crippen LogP contribution in [0.25, 0.3) is 10.6 Å². The zero-order chi connectivity index (χ0) is 16.9. The molecule has 5 nitrogen and oxygen atoms in total. The Labute approximate surface area is 147 Å². The lowest BCUT2D eigenvalue weighted by atomic mass is 10.2. The minimum absolute atomic E-state index is 0.200. The van der Waals surface area contributed by atoms with E-state index in [2.05, 4.69) is 10.3 Å². The van der Waals surface area contributed by atoms with Crippen LogP contribution in [0, 0.1) is 0 Å². The van der Waals surface area contributed by atoms with E-state index in [0.717, 1.165) is 16.1 Å². The van der Waals surface area contributed by atoms with Crippen LogP contribution in [0.5, 0.6) is 11.5 Å². The molecular formula is C17H16N2O3S2. The van der Waals surface area contributed by atoms with Gasteiger partial charge in [0.25, 0.3) is 5.91 Å². The quantitative estimate of drug-likeness (QED) is 0.726. The number of thiophene rings is 1. The summed E-state index contributed by atoms with van der Waals surface area (Å²) in [6.45, 7) is 0.373. The molecule has 0 unspecified atom stereocenters. The third kappa shape index (κ3) is 3.74. The monoisotopic (exact) mass is 360 g/mol. The van der Waals surface area contributed by atoms with Crippen molar-refractivity contribution in [3.05, 3.63) is 51.7 Å². The number of ether oxygens (including phenoxy) is 2. The van der Waals surface area contributed by atoms with Gasteiger partial charge in [-0.25, -0.2) is 4.98 Å². The fourth-order valence-corrected chi connectivity index (χ4v) is 3.65. The number of hydrogen-bond acceptors (Lipinski definition) is 6. The number of benzene rings is 1. The number of hydrogen-bond donors (Lipinski definition) is 1. The summed E-state index contributed by atoms with van der Waals surface area (Å²) in [5, 5.41) is 9.51. The third-order valence-corrected chi connectivity index (χ3v) is 4.94. The average Bonchev–Trinajstić information content (AvgIpc) is 3.30. The maximum atomic E-state index is 12.3. The summed E-state index contributed by atoms with van der Waals surface area (Å²) >= 11 is 3.07. The molecule has 24 heavy (non-hydrogen) atoms. The van der Waals surface area contributed by atoms with Crippen LogP contribution in [0.1, 0.15) is 16.1 Å². The molecule has 3 aromatic rings. The van der Waals surface area contributed by atoms with Crippen LogP contribution in [0.3, 0.4) is 0 Å². The summed E-state index contributed by atoms with van der Waals surface area (Å²) in [6, 6.07) is 7.51. The Morgan fingerprint density at radius 3 is 2.54 bits per heavy atom. The van der Waals surface area contributed by atoms with E-state index in [0.29, 0.717) is 23.7 Å². The first-order valence-electron chi connectivity index (χ1n) is 7.18. The standard InChI is InChI=1S/C17H16N2O3S2/c1-21-13-5-11(6-14(7-13)22-2)8-18-16(20)15-10-24-17(19-15)12-3-4-23-9-12/h3-7,9-10H,8H2,1-2H3,(H,18,20). The number of rotatable bonds is 6. The second-order valence-electron chi connectivity index (χ2n) is 4.95. The molecule has 7 heteroatoms. The molecule has 1 aromatic carbocycles. The Morgan fingerprint density at radius 2 is 1.92 bits per heavy atom. The van der Waals surface area contributed by atoms with Crippen molar-refractivity contribution in [2.75, 3.05) is 14.2 Å². The van der Waals surface area contributed by atoms with Crippen LogP contribution in [0.15, 0.2) is 40.4 Å². The van der Waals surface area contributed by atoms with Crippen LogP contribution in [-0.4, -0.2) is 25.1 Å². The Bertz CT molecular complexity index is 806. The zero-order valence-electron chi connectivity index (χ0n) is 13.2. The maximum Gasteiger partial charge on any atom is 0.271 e. The number of amides is 1. The highest BCUT2D eigenvalue weighted by atomic mass is 32.1. The second kappa shape index (κ2) is 7.46. The molecule has 0 aliphatic rings. The van der Waals surface area contributed by atoms with E-state index in [4.69, 9.17) is 9.47 Å². The molecule has 124 valence electrons. The first-order valence-corrected chi connectivity index (χ1v) is 9.00. The van der Waals surface area contributed by atoms with Crippen molar-refractivity contribution in [2.24, 2.45) is 0 Å². The SMILES string of the molecule is COc1cc(CNC(=O)c2csc(-c3ccsc3)n2)cc(OC)c1. The van der Waals surface area contributed by atoms with Gasteiger partial charge in [-0.2, -0.15) is 11.3 Å². The number of aromatic nitrogens is 1. The Kier molecular flexibility index (Phi) is 5.12. The summed E-state index contributed by atoms with van der Waals surface area (Å²) in [5.74, 6) is 1.17. The van der Waals surface area contributed by atoms with Gasteiger partial charge in [0.2, 0.25) is 0 Å². The van der Waals surface area contributed by atoms with Gasteiger partial charge in [-0.15, -0.1) is 11.3 Å². The van der Waals surface area contributed by atoms with E-state index in [1.165, 1.54) is 11.3 Å². The van der Waals surface area contributed by atoms with Gasteiger partial charge >= 0.3 is 0 Å². The van der Waals surface area contributed by atoms with Crippen molar-refractivity contribution >= 4 is 28.6 Å². The van der Waals surface area contributed by atoms with Gasteiger partial charge < -0.3 is 14.8 Å². The fraction of sp³-hybridized carbons (Fsp3) is 0.176. The fourth-order valence-electron chi connectivity index (χ4n) is 2.14. The Morgan fingerprint density at radius 1 is 1.17 bits per heavy atom. The lowest BCUT2D eigenvalue weighted by Crippen LogP contribution is -2.23. The largest absolute Gasteiger partial charge is 0.497 e. The Balaban J connectivity index is 1.67. The van der Waals surface area contributed by atoms with Gasteiger partial charge in [0, 0.05) is 28.9 Å². The molecule has 0 fully saturated rings. The first kappa shape index (κ1) is 16.5. The van der Waals surface area contributed by atoms with Gasteiger partial charge in [-0.1, -0.05) is 0 Å². The summed E-state index contributed by atoms with van der Waals surface area (Å²) in [6.07, 6.45) is 0. The highest BCUT2D eigenvalue weighted by Gasteiger charge is 2.12. The second-order valence-corrected chi connectivity index (χ2v) is 6.59. The van der Waals surface area contributed by atoms with Crippen LogP contribution < -0.4 is 14.8 Å². The normalized spacial score (nSPS) is 10.4. The van der Waals surface area contributed by atoms with E-state index in [9.17, 15) is 4.79 Å². The number of carbonyl (C=O) groups excluding carboxylic acids is 1. The van der Waals surface area contributed by atoms with Gasteiger partial charge in [0.1, 0.15) is 22.2 Å². The van der Waals surface area contributed by atoms with Gasteiger partial charge in [-0.3, -0.25) is 4.79 Å². The van der Waals surface area contributed by atoms with Crippen LogP contribution in [0.2, 0.25) is 0 Å². The van der Waals surface area contributed by atoms with E-state index < -0.39 is 0 Å². The molecule has 2 aromatic heterocycles. The number of thiazole rings is 1. The molecule has 0 aliphatic heterocycles. The van der Waals surface area contributed by atoms with E-state index in [1.54, 1.807) is 37.0 Å². The van der Waals surface area contributed by atoms with Crippen LogP contribution in [0.4, 0.5) is 0 Å². The summed E-state index contributed by atoms with van der Waals surface area (Å²) in [7, 11) is 3.19. The molecule has 1 amide bonds. The van der Waals surface area contributed by atoms with E-state index in [-0.39, 0.29) is 5.91 Å². The molecule has 0 atom stereocenters. The molecule has 0 radical (unpaired) electrons. The summed E-state index contributed by atoms with van der Waals surface area (Å²) < 4.78 is 10.5. The van der Waals surface area contributed by atoms with Crippen molar-refractivity contribution in [3.8, 4) is 22.1 Å². The topological polar surface area (TPSA) is 60.5 Å². The predicted octanol–water partition coefficient (Wildman–Crippen LogP) is 3.82. The van der Waals surface area contributed by atoms with Gasteiger partial charge in [-0.05, 0) is 29.1 Å². The zero-order valence-corrected chi connectivity index (χ0v) is 14.9. The predicted molar refractivity (Wildman–Crippen MR) is 96.1 cm³/mol. The summed E-state index contributed by atoms with van der Waals surface area (Å²) in [5.41, 5.74) is 2.37. The number of nitrogens with zero attached hydrogens (tertiary/aromatic N) is 1. The molecule has 0 spiro atoms. The molecule has 1 N–H and O–H groups in total. The van der Waals surface area contributed by atoms with Crippen molar-refractivity contribution in [1.29, 1.82) is 0 Å². The highest BCUT2D eigenvalue weighted by Crippen LogP contribution is 2.26. The smallest absolute Gasteiger partial charge is 0.271 e. The molecule has 0 saturated carbocycles. The van der Waals surface area contributed by atoms with E-state index in [1.807, 2.05) is 29.0 Å². The minimum Gasteiger partial charge on any atom is -0.497 e. The average molecular weight is 360 g/mol. The number of carbonyl (C=O) groups is 1. The number of nitrogens with one attached hydrogen (secondary N) is 1. The van der Waals surface area contributed by atoms with Crippen LogP contribution in [-0.2, 0) is 6.54 Å². The lowest BCUT2D eigenvalue weighted by Gasteiger charge is -2.09. The third-order valence-electron chi connectivity index (χ3n) is 3.37. The Hall–Kier alpha value is -2.38. The minimum atomic E-state index is -0.200. The van der Waals surface area contributed by atoms with Crippen LogP contribution >= 0.6 is 22.7 Å². The van der Waals surface area contributed by atoms with Gasteiger partial charge in [0.05, 0.1) is 14.2 Å². The first-order chi connectivity index (χ1) is 11.7. The summed E-state index contributed by atoms with van der Waals surface area (Å²) in [4.78, 5) is 16.7. The van der Waals surface area contributed by atoms with Gasteiger partial charge in [0.15, 0.2) is 0 Å². The molecular weight excluding hydrogens is 344 g/mol. The molecule has 0 aliphatic carbocycles. The highest BCUT2D eigenvalue weighted by molar-refractivity contribution is 7.14. The molecule has 0 bridgehead atoms. The van der Waals surface area contributed by atoms with E-state index >= 15 is 0 Å². The maximum absolute atomic E-state index is 12.3. The van der Waals surface area contributed by atoms with Crippen molar-refractivity contribution in [1.82, 2.24) is 10.3 Å². The number of methoxy groups -OCH3 is 2.